The zero-order valence-corrected chi connectivity index (χ0v) is 12.2. The first-order valence-corrected chi connectivity index (χ1v) is 8.07. The summed E-state index contributed by atoms with van der Waals surface area (Å²) in [5.74, 6) is 0. The van der Waals surface area contributed by atoms with Crippen LogP contribution in [0.4, 0.5) is 0 Å². The second-order valence-electron chi connectivity index (χ2n) is 5.90. The number of likely N-dealkylation sites (N-methyl/N-ethyl adjacent to an activating group) is 1. The predicted molar refractivity (Wildman–Crippen MR) is 78.0 cm³/mol. The number of likely N-dealkylation sites (tertiary alicyclic amines) is 2. The molecule has 1 atom stereocenters. The fourth-order valence-electron chi connectivity index (χ4n) is 3.40. The van der Waals surface area contributed by atoms with Gasteiger partial charge < -0.3 is 10.2 Å². The second kappa shape index (κ2) is 8.13. The molecule has 0 aliphatic carbocycles. The Kier molecular flexibility index (Phi) is 6.46. The zero-order valence-electron chi connectivity index (χ0n) is 12.2. The molecule has 0 amide bonds. The van der Waals surface area contributed by atoms with E-state index >= 15 is 0 Å². The molecular formula is C15H31N3. The number of rotatable bonds is 7. The van der Waals surface area contributed by atoms with E-state index in [9.17, 15) is 0 Å². The highest BCUT2D eigenvalue weighted by Gasteiger charge is 2.21. The summed E-state index contributed by atoms with van der Waals surface area (Å²) >= 11 is 0. The molecule has 2 rings (SSSR count). The summed E-state index contributed by atoms with van der Waals surface area (Å²) in [6.07, 6.45) is 8.45. The molecule has 0 aromatic rings. The van der Waals surface area contributed by atoms with Gasteiger partial charge in [-0.1, -0.05) is 13.3 Å². The molecule has 1 unspecified atom stereocenters. The smallest absolute Gasteiger partial charge is 0.0220 e. The summed E-state index contributed by atoms with van der Waals surface area (Å²) in [7, 11) is 0. The summed E-state index contributed by atoms with van der Waals surface area (Å²) in [5.41, 5.74) is 0. The van der Waals surface area contributed by atoms with Crippen LogP contribution in [0.5, 0.6) is 0 Å². The van der Waals surface area contributed by atoms with Gasteiger partial charge in [0.15, 0.2) is 0 Å². The Labute approximate surface area is 113 Å². The van der Waals surface area contributed by atoms with Crippen LogP contribution in [0.15, 0.2) is 0 Å². The molecule has 0 radical (unpaired) electrons. The van der Waals surface area contributed by atoms with E-state index in [1.54, 1.807) is 0 Å². The summed E-state index contributed by atoms with van der Waals surface area (Å²) in [4.78, 5) is 5.38. The highest BCUT2D eigenvalue weighted by atomic mass is 15.2. The average molecular weight is 253 g/mol. The maximum absolute atomic E-state index is 3.53. The number of piperidine rings is 1. The van der Waals surface area contributed by atoms with Gasteiger partial charge in [-0.25, -0.2) is 0 Å². The topological polar surface area (TPSA) is 18.5 Å². The van der Waals surface area contributed by atoms with E-state index in [1.165, 1.54) is 77.8 Å². The zero-order chi connectivity index (χ0) is 12.6. The Bertz CT molecular complexity index is 214. The van der Waals surface area contributed by atoms with Crippen molar-refractivity contribution < 1.29 is 0 Å². The fraction of sp³-hybridized carbons (Fsp3) is 1.00. The van der Waals surface area contributed by atoms with Crippen LogP contribution in [0.2, 0.25) is 0 Å². The first-order chi connectivity index (χ1) is 8.90. The van der Waals surface area contributed by atoms with Gasteiger partial charge in [-0.05, 0) is 71.4 Å². The van der Waals surface area contributed by atoms with E-state index < -0.39 is 0 Å². The maximum atomic E-state index is 3.53. The first-order valence-electron chi connectivity index (χ1n) is 8.07. The summed E-state index contributed by atoms with van der Waals surface area (Å²) in [6.45, 7) is 11.2. The molecule has 0 aromatic carbocycles. The molecule has 2 fully saturated rings. The van der Waals surface area contributed by atoms with Crippen molar-refractivity contribution in [2.45, 2.75) is 51.5 Å². The van der Waals surface area contributed by atoms with Gasteiger partial charge in [0.1, 0.15) is 0 Å². The number of hydrogen-bond acceptors (Lipinski definition) is 3. The Morgan fingerprint density at radius 2 is 1.78 bits per heavy atom. The van der Waals surface area contributed by atoms with Crippen LogP contribution < -0.4 is 5.32 Å². The molecule has 0 bridgehead atoms. The van der Waals surface area contributed by atoms with E-state index in [-0.39, 0.29) is 0 Å². The predicted octanol–water partition coefficient (Wildman–Crippen LogP) is 1.94. The SMILES string of the molecule is CCNCC1CCCCN1CCCN1CCCC1. The van der Waals surface area contributed by atoms with Gasteiger partial charge >= 0.3 is 0 Å². The van der Waals surface area contributed by atoms with Crippen LogP contribution in [0.25, 0.3) is 0 Å². The van der Waals surface area contributed by atoms with Crippen molar-refractivity contribution in [3.8, 4) is 0 Å². The largest absolute Gasteiger partial charge is 0.315 e. The normalized spacial score (nSPS) is 26.8. The van der Waals surface area contributed by atoms with Crippen LogP contribution in [-0.2, 0) is 0 Å². The van der Waals surface area contributed by atoms with Gasteiger partial charge in [0, 0.05) is 12.6 Å². The van der Waals surface area contributed by atoms with E-state index in [4.69, 9.17) is 0 Å². The van der Waals surface area contributed by atoms with Crippen LogP contribution >= 0.6 is 0 Å². The highest BCUT2D eigenvalue weighted by Crippen LogP contribution is 2.17. The molecule has 2 aliphatic heterocycles. The van der Waals surface area contributed by atoms with Crippen LogP contribution in [0.1, 0.15) is 45.4 Å². The minimum absolute atomic E-state index is 0.803. The Hall–Kier alpha value is -0.120. The molecule has 18 heavy (non-hydrogen) atoms. The van der Waals surface area contributed by atoms with E-state index in [2.05, 4.69) is 22.0 Å². The third-order valence-electron chi connectivity index (χ3n) is 4.50. The van der Waals surface area contributed by atoms with Crippen molar-refractivity contribution in [1.29, 1.82) is 0 Å². The van der Waals surface area contributed by atoms with E-state index in [1.807, 2.05) is 0 Å². The van der Waals surface area contributed by atoms with Crippen LogP contribution in [-0.4, -0.2) is 61.7 Å². The van der Waals surface area contributed by atoms with E-state index in [0.717, 1.165) is 12.6 Å². The Balaban J connectivity index is 1.64. The highest BCUT2D eigenvalue weighted by molar-refractivity contribution is 4.79. The molecule has 3 heteroatoms. The molecule has 1 N–H and O–H groups in total. The third-order valence-corrected chi connectivity index (χ3v) is 4.50. The number of nitrogens with zero attached hydrogens (tertiary/aromatic N) is 2. The van der Waals surface area contributed by atoms with Crippen molar-refractivity contribution in [3.63, 3.8) is 0 Å². The summed E-state index contributed by atoms with van der Waals surface area (Å²) < 4.78 is 0. The lowest BCUT2D eigenvalue weighted by molar-refractivity contribution is 0.138. The molecule has 2 aliphatic rings. The van der Waals surface area contributed by atoms with Crippen LogP contribution in [0.3, 0.4) is 0 Å². The van der Waals surface area contributed by atoms with Gasteiger partial charge in [-0.2, -0.15) is 0 Å². The minimum Gasteiger partial charge on any atom is -0.315 e. The van der Waals surface area contributed by atoms with E-state index in [0.29, 0.717) is 0 Å². The summed E-state index contributed by atoms with van der Waals surface area (Å²) in [5, 5.41) is 3.53. The molecule has 0 saturated carbocycles. The quantitative estimate of drug-likeness (QED) is 0.748. The van der Waals surface area contributed by atoms with Crippen molar-refractivity contribution in [1.82, 2.24) is 15.1 Å². The lowest BCUT2D eigenvalue weighted by Crippen LogP contribution is -2.46. The van der Waals surface area contributed by atoms with Crippen molar-refractivity contribution >= 4 is 0 Å². The molecule has 2 saturated heterocycles. The average Bonchev–Trinajstić information content (AvgIpc) is 2.91. The van der Waals surface area contributed by atoms with Gasteiger partial charge in [0.05, 0.1) is 0 Å². The Morgan fingerprint density at radius 1 is 1.00 bits per heavy atom. The molecule has 2 heterocycles. The maximum Gasteiger partial charge on any atom is 0.0220 e. The molecule has 106 valence electrons. The molecule has 0 aromatic heterocycles. The Morgan fingerprint density at radius 3 is 2.56 bits per heavy atom. The number of hydrogen-bond donors (Lipinski definition) is 1. The minimum atomic E-state index is 0.803. The lowest BCUT2D eigenvalue weighted by Gasteiger charge is -2.36. The standard InChI is InChI=1S/C15H31N3/c1-2-16-14-15-8-3-4-12-18(15)13-7-11-17-9-5-6-10-17/h15-16H,2-14H2,1H3. The fourth-order valence-corrected chi connectivity index (χ4v) is 3.40. The first kappa shape index (κ1) is 14.3. The lowest BCUT2D eigenvalue weighted by atomic mass is 10.0. The monoisotopic (exact) mass is 253 g/mol. The van der Waals surface area contributed by atoms with Gasteiger partial charge in [-0.3, -0.25) is 4.90 Å². The molecule has 3 nitrogen and oxygen atoms in total. The van der Waals surface area contributed by atoms with Gasteiger partial charge in [0.2, 0.25) is 0 Å². The van der Waals surface area contributed by atoms with Crippen molar-refractivity contribution in [2.24, 2.45) is 0 Å². The molecular weight excluding hydrogens is 222 g/mol. The van der Waals surface area contributed by atoms with Crippen molar-refractivity contribution in [3.05, 3.63) is 0 Å². The second-order valence-corrected chi connectivity index (χ2v) is 5.90. The van der Waals surface area contributed by atoms with Gasteiger partial charge in [-0.15, -0.1) is 0 Å². The third kappa shape index (κ3) is 4.52. The van der Waals surface area contributed by atoms with Crippen LogP contribution in [0, 0.1) is 0 Å². The van der Waals surface area contributed by atoms with Crippen molar-refractivity contribution in [2.75, 3.05) is 45.8 Å². The van der Waals surface area contributed by atoms with Gasteiger partial charge in [0.25, 0.3) is 0 Å². The summed E-state index contributed by atoms with van der Waals surface area (Å²) in [6, 6.07) is 0.803. The molecule has 0 spiro atoms. The number of nitrogens with one attached hydrogen (secondary N) is 1.